The monoisotopic (exact) mass is 355 g/mol. The minimum atomic E-state index is -0.693. The first-order valence-corrected chi connectivity index (χ1v) is 8.56. The third-order valence-corrected chi connectivity index (χ3v) is 4.58. The largest absolute Gasteiger partial charge is 0.378 e. The number of amides is 2. The van der Waals surface area contributed by atoms with E-state index in [2.05, 4.69) is 5.32 Å². The quantitative estimate of drug-likeness (QED) is 0.839. The van der Waals surface area contributed by atoms with E-state index < -0.39 is 5.92 Å². The summed E-state index contributed by atoms with van der Waals surface area (Å²) in [6, 6.07) is 13.6. The van der Waals surface area contributed by atoms with Gasteiger partial charge in [-0.1, -0.05) is 12.1 Å². The van der Waals surface area contributed by atoms with Crippen LogP contribution in [-0.2, 0) is 16.1 Å². The van der Waals surface area contributed by atoms with Crippen LogP contribution in [0.15, 0.2) is 48.5 Å². The summed E-state index contributed by atoms with van der Waals surface area (Å²) in [6.07, 6.45) is 0.460. The SMILES string of the molecule is CN(C)c1ccc(CNC(=O)C2CCN(c3ccc(F)cc3)C2=O)cc1. The van der Waals surface area contributed by atoms with Crippen LogP contribution in [0, 0.1) is 11.7 Å². The zero-order valence-corrected chi connectivity index (χ0v) is 14.9. The van der Waals surface area contributed by atoms with Gasteiger partial charge in [0.1, 0.15) is 11.7 Å². The van der Waals surface area contributed by atoms with E-state index in [9.17, 15) is 14.0 Å². The predicted octanol–water partition coefficient (Wildman–Crippen LogP) is 2.56. The highest BCUT2D eigenvalue weighted by Crippen LogP contribution is 2.25. The number of hydrogen-bond donors (Lipinski definition) is 1. The molecule has 0 bridgehead atoms. The number of carbonyl (C=O) groups excluding carboxylic acids is 2. The molecule has 6 heteroatoms. The Kier molecular flexibility index (Phi) is 5.21. The molecule has 136 valence electrons. The van der Waals surface area contributed by atoms with Gasteiger partial charge in [0.15, 0.2) is 0 Å². The summed E-state index contributed by atoms with van der Waals surface area (Å²) in [7, 11) is 3.94. The molecule has 1 N–H and O–H groups in total. The first kappa shape index (κ1) is 17.9. The summed E-state index contributed by atoms with van der Waals surface area (Å²) >= 11 is 0. The lowest BCUT2D eigenvalue weighted by atomic mass is 10.1. The van der Waals surface area contributed by atoms with Crippen LogP contribution < -0.4 is 15.1 Å². The van der Waals surface area contributed by atoms with Crippen molar-refractivity contribution in [3.05, 3.63) is 59.9 Å². The van der Waals surface area contributed by atoms with Crippen molar-refractivity contribution in [3.8, 4) is 0 Å². The first-order valence-electron chi connectivity index (χ1n) is 8.56. The van der Waals surface area contributed by atoms with Gasteiger partial charge < -0.3 is 15.1 Å². The second-order valence-corrected chi connectivity index (χ2v) is 6.59. The van der Waals surface area contributed by atoms with Crippen LogP contribution in [-0.4, -0.2) is 32.5 Å². The van der Waals surface area contributed by atoms with Gasteiger partial charge in [-0.05, 0) is 48.4 Å². The number of halogens is 1. The molecular formula is C20H22FN3O2. The lowest BCUT2D eigenvalue weighted by Gasteiger charge is -2.17. The number of nitrogens with zero attached hydrogens (tertiary/aromatic N) is 2. The Bertz CT molecular complexity index is 788. The Morgan fingerprint density at radius 2 is 1.81 bits per heavy atom. The molecule has 1 aliphatic heterocycles. The smallest absolute Gasteiger partial charge is 0.239 e. The molecule has 1 aliphatic rings. The van der Waals surface area contributed by atoms with Crippen LogP contribution in [0.5, 0.6) is 0 Å². The van der Waals surface area contributed by atoms with Crippen LogP contribution in [0.1, 0.15) is 12.0 Å². The summed E-state index contributed by atoms with van der Waals surface area (Å²) in [5.41, 5.74) is 2.68. The van der Waals surface area contributed by atoms with Gasteiger partial charge in [0, 0.05) is 38.6 Å². The predicted molar refractivity (Wildman–Crippen MR) is 99.5 cm³/mol. The summed E-state index contributed by atoms with van der Waals surface area (Å²) < 4.78 is 13.0. The summed E-state index contributed by atoms with van der Waals surface area (Å²) in [5.74, 6) is -1.55. The van der Waals surface area contributed by atoms with Gasteiger partial charge in [-0.25, -0.2) is 4.39 Å². The van der Waals surface area contributed by atoms with Crippen LogP contribution in [0.25, 0.3) is 0 Å². The molecule has 0 saturated carbocycles. The molecule has 1 saturated heterocycles. The second kappa shape index (κ2) is 7.56. The molecule has 1 fully saturated rings. The van der Waals surface area contributed by atoms with Gasteiger partial charge in [0.25, 0.3) is 0 Å². The van der Waals surface area contributed by atoms with Crippen LogP contribution in [0.3, 0.4) is 0 Å². The Labute approximate surface area is 152 Å². The maximum absolute atomic E-state index is 13.0. The number of anilines is 2. The minimum Gasteiger partial charge on any atom is -0.378 e. The second-order valence-electron chi connectivity index (χ2n) is 6.59. The fourth-order valence-corrected chi connectivity index (χ4v) is 3.02. The summed E-state index contributed by atoms with van der Waals surface area (Å²) in [5, 5.41) is 2.84. The Balaban J connectivity index is 1.58. The Morgan fingerprint density at radius 3 is 2.42 bits per heavy atom. The van der Waals surface area contributed by atoms with Crippen molar-refractivity contribution in [2.45, 2.75) is 13.0 Å². The van der Waals surface area contributed by atoms with Crippen molar-refractivity contribution in [1.29, 1.82) is 0 Å². The molecule has 26 heavy (non-hydrogen) atoms. The molecule has 3 rings (SSSR count). The van der Waals surface area contributed by atoms with Crippen LogP contribution in [0.2, 0.25) is 0 Å². The molecule has 5 nitrogen and oxygen atoms in total. The van der Waals surface area contributed by atoms with Gasteiger partial charge in [0.05, 0.1) is 0 Å². The molecule has 1 unspecified atom stereocenters. The summed E-state index contributed by atoms with van der Waals surface area (Å²) in [6.45, 7) is 0.840. The van der Waals surface area contributed by atoms with E-state index in [0.717, 1.165) is 11.3 Å². The molecule has 0 spiro atoms. The molecule has 0 radical (unpaired) electrons. The Hall–Kier alpha value is -2.89. The highest BCUT2D eigenvalue weighted by atomic mass is 19.1. The topological polar surface area (TPSA) is 52.7 Å². The standard InChI is InChI=1S/C20H22FN3O2/c1-23(2)16-7-3-14(4-8-16)13-22-19(25)18-11-12-24(20(18)26)17-9-5-15(21)6-10-17/h3-10,18H,11-13H2,1-2H3,(H,22,25). The van der Waals surface area contributed by atoms with Gasteiger partial charge in [-0.3, -0.25) is 9.59 Å². The zero-order valence-electron chi connectivity index (χ0n) is 14.9. The molecule has 2 aromatic carbocycles. The fourth-order valence-electron chi connectivity index (χ4n) is 3.02. The number of carbonyl (C=O) groups is 2. The number of hydrogen-bond acceptors (Lipinski definition) is 3. The summed E-state index contributed by atoms with van der Waals surface area (Å²) in [4.78, 5) is 28.5. The number of nitrogens with one attached hydrogen (secondary N) is 1. The van der Waals surface area contributed by atoms with E-state index in [1.165, 1.54) is 17.0 Å². The van der Waals surface area contributed by atoms with E-state index >= 15 is 0 Å². The molecule has 2 amide bonds. The molecular weight excluding hydrogens is 333 g/mol. The first-order chi connectivity index (χ1) is 12.5. The van der Waals surface area contributed by atoms with E-state index in [1.807, 2.05) is 43.3 Å². The molecule has 0 aromatic heterocycles. The lowest BCUT2D eigenvalue weighted by Crippen LogP contribution is -2.36. The fraction of sp³-hybridized carbons (Fsp3) is 0.300. The number of benzene rings is 2. The van der Waals surface area contributed by atoms with Gasteiger partial charge in [0.2, 0.25) is 11.8 Å². The van der Waals surface area contributed by atoms with E-state index in [1.54, 1.807) is 12.1 Å². The third kappa shape index (κ3) is 3.85. The highest BCUT2D eigenvalue weighted by molar-refractivity contribution is 6.09. The average molecular weight is 355 g/mol. The average Bonchev–Trinajstić information content (AvgIpc) is 3.02. The maximum atomic E-state index is 13.0. The van der Waals surface area contributed by atoms with E-state index in [0.29, 0.717) is 25.2 Å². The minimum absolute atomic E-state index is 0.239. The maximum Gasteiger partial charge on any atom is 0.239 e. The lowest BCUT2D eigenvalue weighted by molar-refractivity contribution is -0.132. The van der Waals surface area contributed by atoms with Crippen molar-refractivity contribution in [3.63, 3.8) is 0 Å². The number of rotatable bonds is 5. The molecule has 2 aromatic rings. The van der Waals surface area contributed by atoms with Gasteiger partial charge in [-0.2, -0.15) is 0 Å². The third-order valence-electron chi connectivity index (χ3n) is 4.58. The van der Waals surface area contributed by atoms with Crippen LogP contribution >= 0.6 is 0 Å². The van der Waals surface area contributed by atoms with Crippen LogP contribution in [0.4, 0.5) is 15.8 Å². The van der Waals surface area contributed by atoms with E-state index in [-0.39, 0.29) is 17.6 Å². The van der Waals surface area contributed by atoms with E-state index in [4.69, 9.17) is 0 Å². The van der Waals surface area contributed by atoms with Crippen molar-refractivity contribution in [2.75, 3.05) is 30.4 Å². The van der Waals surface area contributed by atoms with Crippen molar-refractivity contribution in [2.24, 2.45) is 5.92 Å². The molecule has 0 aliphatic carbocycles. The zero-order chi connectivity index (χ0) is 18.7. The Morgan fingerprint density at radius 1 is 1.15 bits per heavy atom. The molecule has 1 heterocycles. The van der Waals surface area contributed by atoms with Crippen molar-refractivity contribution >= 4 is 23.2 Å². The molecule has 1 atom stereocenters. The van der Waals surface area contributed by atoms with Gasteiger partial charge >= 0.3 is 0 Å². The van der Waals surface area contributed by atoms with Crippen molar-refractivity contribution < 1.29 is 14.0 Å². The highest BCUT2D eigenvalue weighted by Gasteiger charge is 2.37. The van der Waals surface area contributed by atoms with Crippen molar-refractivity contribution in [1.82, 2.24) is 5.32 Å². The normalized spacial score (nSPS) is 16.7. The van der Waals surface area contributed by atoms with Gasteiger partial charge in [-0.15, -0.1) is 0 Å².